The minimum absolute atomic E-state index is 0.109. The molecule has 3 rings (SSSR count). The molecule has 0 aliphatic carbocycles. The molecule has 0 saturated carbocycles. The summed E-state index contributed by atoms with van der Waals surface area (Å²) in [4.78, 5) is 10.8. The number of carbonyl (C=O) groups is 1. The minimum Gasteiger partial charge on any atom is -0.481 e. The molecule has 9 heteroatoms. The third kappa shape index (κ3) is 3.64. The number of aliphatic hydroxyl groups is 1. The van der Waals surface area contributed by atoms with E-state index in [4.69, 9.17) is 9.84 Å². The van der Waals surface area contributed by atoms with E-state index in [1.807, 2.05) is 0 Å². The Hall–Kier alpha value is -2.62. The molecular formula is C17H15NO6S2. The molecule has 3 aromatic rings. The van der Waals surface area contributed by atoms with Crippen LogP contribution in [0, 0.1) is 0 Å². The molecule has 0 amide bonds. The number of benzene rings is 2. The zero-order valence-electron chi connectivity index (χ0n) is 13.4. The van der Waals surface area contributed by atoms with Crippen molar-refractivity contribution in [3.05, 3.63) is 53.4 Å². The van der Waals surface area contributed by atoms with Crippen molar-refractivity contribution in [2.75, 3.05) is 11.3 Å². The molecule has 0 unspecified atom stereocenters. The highest BCUT2D eigenvalue weighted by Crippen LogP contribution is 2.36. The summed E-state index contributed by atoms with van der Waals surface area (Å²) >= 11 is 1.08. The highest BCUT2D eigenvalue weighted by atomic mass is 32.2. The van der Waals surface area contributed by atoms with Crippen LogP contribution in [-0.4, -0.2) is 31.2 Å². The molecule has 1 heterocycles. The first-order valence-electron chi connectivity index (χ1n) is 7.49. The average Bonchev–Trinajstić information content (AvgIpc) is 3.15. The molecule has 0 spiro atoms. The van der Waals surface area contributed by atoms with Gasteiger partial charge in [-0.1, -0.05) is 30.3 Å². The number of thiophene rings is 1. The van der Waals surface area contributed by atoms with E-state index in [-0.39, 0.29) is 22.3 Å². The van der Waals surface area contributed by atoms with Gasteiger partial charge in [0.25, 0.3) is 10.0 Å². The van der Waals surface area contributed by atoms with Gasteiger partial charge in [-0.3, -0.25) is 4.72 Å². The average molecular weight is 393 g/mol. The first-order chi connectivity index (χ1) is 12.4. The highest BCUT2D eigenvalue weighted by molar-refractivity contribution is 7.94. The zero-order chi connectivity index (χ0) is 18.7. The summed E-state index contributed by atoms with van der Waals surface area (Å²) in [6, 6.07) is 11.4. The van der Waals surface area contributed by atoms with Gasteiger partial charge in [0.05, 0.1) is 12.3 Å². The van der Waals surface area contributed by atoms with Gasteiger partial charge in [0.15, 0.2) is 6.61 Å². The number of hydrogen-bond acceptors (Lipinski definition) is 6. The summed E-state index contributed by atoms with van der Waals surface area (Å²) in [5, 5.41) is 21.3. The van der Waals surface area contributed by atoms with E-state index in [0.29, 0.717) is 16.3 Å². The SMILES string of the molecule is O=C(O)COc1cc(NS(=O)(=O)c2cccs2)c2ccccc2c1CO. The van der Waals surface area contributed by atoms with Crippen molar-refractivity contribution in [1.82, 2.24) is 0 Å². The van der Waals surface area contributed by atoms with E-state index in [1.165, 1.54) is 12.1 Å². The highest BCUT2D eigenvalue weighted by Gasteiger charge is 2.20. The number of aliphatic carboxylic acids is 1. The number of rotatable bonds is 7. The van der Waals surface area contributed by atoms with Gasteiger partial charge in [0.1, 0.15) is 9.96 Å². The Morgan fingerprint density at radius 3 is 2.50 bits per heavy atom. The van der Waals surface area contributed by atoms with Crippen LogP contribution < -0.4 is 9.46 Å². The smallest absolute Gasteiger partial charge is 0.341 e. The molecule has 136 valence electrons. The van der Waals surface area contributed by atoms with Crippen LogP contribution in [0.1, 0.15) is 5.56 Å². The maximum absolute atomic E-state index is 12.6. The van der Waals surface area contributed by atoms with E-state index < -0.39 is 22.6 Å². The second kappa shape index (κ2) is 7.32. The molecule has 0 bridgehead atoms. The van der Waals surface area contributed by atoms with Gasteiger partial charge in [-0.15, -0.1) is 11.3 Å². The van der Waals surface area contributed by atoms with Gasteiger partial charge < -0.3 is 14.9 Å². The molecule has 3 N–H and O–H groups in total. The summed E-state index contributed by atoms with van der Waals surface area (Å²) in [7, 11) is -3.79. The number of ether oxygens (including phenoxy) is 1. The van der Waals surface area contributed by atoms with E-state index in [2.05, 4.69) is 4.72 Å². The molecule has 1 aromatic heterocycles. The van der Waals surface area contributed by atoms with Crippen molar-refractivity contribution < 1.29 is 28.2 Å². The molecule has 0 radical (unpaired) electrons. The van der Waals surface area contributed by atoms with Crippen LogP contribution >= 0.6 is 11.3 Å². The van der Waals surface area contributed by atoms with Crippen LogP contribution in [-0.2, 0) is 21.4 Å². The molecule has 0 saturated heterocycles. The van der Waals surface area contributed by atoms with E-state index in [0.717, 1.165) is 11.3 Å². The predicted octanol–water partition coefficient (Wildman–Crippen LogP) is 2.66. The van der Waals surface area contributed by atoms with E-state index in [1.54, 1.807) is 35.7 Å². The van der Waals surface area contributed by atoms with Crippen molar-refractivity contribution >= 4 is 43.8 Å². The Balaban J connectivity index is 2.13. The second-order valence-electron chi connectivity index (χ2n) is 5.32. The lowest BCUT2D eigenvalue weighted by molar-refractivity contribution is -0.139. The molecule has 0 aliphatic rings. The van der Waals surface area contributed by atoms with E-state index >= 15 is 0 Å². The number of carboxylic acids is 1. The number of aliphatic hydroxyl groups excluding tert-OH is 1. The van der Waals surface area contributed by atoms with Crippen molar-refractivity contribution in [2.45, 2.75) is 10.8 Å². The number of nitrogens with one attached hydrogen (secondary N) is 1. The summed E-state index contributed by atoms with van der Waals surface area (Å²) in [5.74, 6) is -1.07. The van der Waals surface area contributed by atoms with Gasteiger partial charge in [-0.05, 0) is 16.8 Å². The number of sulfonamides is 1. The van der Waals surface area contributed by atoms with Gasteiger partial charge in [0, 0.05) is 17.0 Å². The molecule has 0 fully saturated rings. The van der Waals surface area contributed by atoms with Crippen LogP contribution in [0.15, 0.2) is 52.1 Å². The van der Waals surface area contributed by atoms with Crippen molar-refractivity contribution in [2.24, 2.45) is 0 Å². The molecule has 0 atom stereocenters. The summed E-state index contributed by atoms with van der Waals surface area (Å²) in [6.45, 7) is -0.990. The largest absolute Gasteiger partial charge is 0.481 e. The Morgan fingerprint density at radius 2 is 1.88 bits per heavy atom. The monoisotopic (exact) mass is 393 g/mol. The third-order valence-corrected chi connectivity index (χ3v) is 6.39. The summed E-state index contributed by atoms with van der Waals surface area (Å²) in [6.07, 6.45) is 0. The third-order valence-electron chi connectivity index (χ3n) is 3.63. The first kappa shape index (κ1) is 18.2. The van der Waals surface area contributed by atoms with Gasteiger partial charge >= 0.3 is 5.97 Å². The van der Waals surface area contributed by atoms with Crippen LogP contribution in [0.3, 0.4) is 0 Å². The van der Waals surface area contributed by atoms with Crippen LogP contribution in [0.25, 0.3) is 10.8 Å². The first-order valence-corrected chi connectivity index (χ1v) is 9.85. The van der Waals surface area contributed by atoms with E-state index in [9.17, 15) is 18.3 Å². The maximum atomic E-state index is 12.6. The lowest BCUT2D eigenvalue weighted by atomic mass is 10.0. The van der Waals surface area contributed by atoms with Gasteiger partial charge in [0.2, 0.25) is 0 Å². The van der Waals surface area contributed by atoms with Crippen molar-refractivity contribution in [3.63, 3.8) is 0 Å². The summed E-state index contributed by atoms with van der Waals surface area (Å²) in [5.41, 5.74) is 0.632. The Bertz CT molecular complexity index is 1040. The minimum atomic E-state index is -3.79. The molecular weight excluding hydrogens is 378 g/mol. The lowest BCUT2D eigenvalue weighted by Crippen LogP contribution is -2.14. The van der Waals surface area contributed by atoms with Crippen LogP contribution in [0.5, 0.6) is 5.75 Å². The summed E-state index contributed by atoms with van der Waals surface area (Å²) < 4.78 is 33.0. The molecule has 26 heavy (non-hydrogen) atoms. The quantitative estimate of drug-likeness (QED) is 0.569. The Labute approximate surface area is 153 Å². The molecule has 0 aliphatic heterocycles. The molecule has 2 aromatic carbocycles. The predicted molar refractivity (Wildman–Crippen MR) is 98.1 cm³/mol. The van der Waals surface area contributed by atoms with Gasteiger partial charge in [-0.25, -0.2) is 13.2 Å². The van der Waals surface area contributed by atoms with Crippen molar-refractivity contribution in [1.29, 1.82) is 0 Å². The fraction of sp³-hybridized carbons (Fsp3) is 0.118. The number of fused-ring (bicyclic) bond motifs is 1. The normalized spacial score (nSPS) is 11.4. The number of carboxylic acid groups (broad SMARTS) is 1. The van der Waals surface area contributed by atoms with Crippen LogP contribution in [0.2, 0.25) is 0 Å². The number of anilines is 1. The fourth-order valence-electron chi connectivity index (χ4n) is 2.54. The fourth-order valence-corrected chi connectivity index (χ4v) is 4.60. The van der Waals surface area contributed by atoms with Crippen molar-refractivity contribution in [3.8, 4) is 5.75 Å². The lowest BCUT2D eigenvalue weighted by Gasteiger charge is -2.16. The topological polar surface area (TPSA) is 113 Å². The van der Waals surface area contributed by atoms with Crippen LogP contribution in [0.4, 0.5) is 5.69 Å². The van der Waals surface area contributed by atoms with Gasteiger partial charge in [-0.2, -0.15) is 0 Å². The Kier molecular flexibility index (Phi) is 5.12. The number of hydrogen-bond donors (Lipinski definition) is 3. The zero-order valence-corrected chi connectivity index (χ0v) is 15.0. The second-order valence-corrected chi connectivity index (χ2v) is 8.18. The Morgan fingerprint density at radius 1 is 1.15 bits per heavy atom. The molecule has 7 nitrogen and oxygen atoms in total. The standard InChI is InChI=1S/C17H15NO6S2/c19-9-13-11-4-1-2-5-12(11)14(8-15(13)24-10-16(20)21)18-26(22,23)17-6-3-7-25-17/h1-8,18-19H,9-10H2,(H,20,21). The maximum Gasteiger partial charge on any atom is 0.341 e.